The SMILES string of the molecule is O=C(NCc1ccccc1)NCc1cc(Br)cs1. The van der Waals surface area contributed by atoms with Gasteiger partial charge in [-0.2, -0.15) is 0 Å². The first-order valence-electron chi connectivity index (χ1n) is 5.52. The van der Waals surface area contributed by atoms with Gasteiger partial charge in [-0.05, 0) is 27.6 Å². The van der Waals surface area contributed by atoms with Crippen LogP contribution in [0.3, 0.4) is 0 Å². The molecule has 0 atom stereocenters. The lowest BCUT2D eigenvalue weighted by Crippen LogP contribution is -2.34. The Balaban J connectivity index is 1.73. The molecule has 3 nitrogen and oxygen atoms in total. The molecule has 5 heteroatoms. The van der Waals surface area contributed by atoms with Gasteiger partial charge in [0.15, 0.2) is 0 Å². The summed E-state index contributed by atoms with van der Waals surface area (Å²) in [6, 6.07) is 11.7. The summed E-state index contributed by atoms with van der Waals surface area (Å²) in [5, 5.41) is 7.64. The van der Waals surface area contributed by atoms with Gasteiger partial charge >= 0.3 is 6.03 Å². The van der Waals surface area contributed by atoms with Gasteiger partial charge in [0.2, 0.25) is 0 Å². The summed E-state index contributed by atoms with van der Waals surface area (Å²) >= 11 is 5.00. The summed E-state index contributed by atoms with van der Waals surface area (Å²) in [7, 11) is 0. The Labute approximate surface area is 118 Å². The highest BCUT2D eigenvalue weighted by Gasteiger charge is 2.02. The zero-order valence-corrected chi connectivity index (χ0v) is 12.1. The highest BCUT2D eigenvalue weighted by Crippen LogP contribution is 2.19. The molecule has 2 rings (SSSR count). The van der Waals surface area contributed by atoms with Crippen LogP contribution in [0.4, 0.5) is 4.79 Å². The molecule has 1 aromatic heterocycles. The molecule has 0 saturated carbocycles. The Hall–Kier alpha value is -1.33. The first-order valence-corrected chi connectivity index (χ1v) is 7.20. The molecule has 0 saturated heterocycles. The fourth-order valence-electron chi connectivity index (χ4n) is 1.45. The lowest BCUT2D eigenvalue weighted by atomic mass is 10.2. The summed E-state index contributed by atoms with van der Waals surface area (Å²) in [5.41, 5.74) is 1.09. The zero-order chi connectivity index (χ0) is 12.8. The summed E-state index contributed by atoms with van der Waals surface area (Å²) in [5.74, 6) is 0. The van der Waals surface area contributed by atoms with Crippen LogP contribution in [0.25, 0.3) is 0 Å². The van der Waals surface area contributed by atoms with Crippen LogP contribution < -0.4 is 10.6 Å². The topological polar surface area (TPSA) is 41.1 Å². The number of halogens is 1. The number of carbonyl (C=O) groups excluding carboxylic acids is 1. The summed E-state index contributed by atoms with van der Waals surface area (Å²) in [4.78, 5) is 12.7. The van der Waals surface area contributed by atoms with Gasteiger partial charge in [-0.25, -0.2) is 4.79 Å². The molecule has 0 aliphatic carbocycles. The van der Waals surface area contributed by atoms with Crippen molar-refractivity contribution in [3.8, 4) is 0 Å². The van der Waals surface area contributed by atoms with Crippen molar-refractivity contribution in [2.75, 3.05) is 0 Å². The third kappa shape index (κ3) is 4.16. The van der Waals surface area contributed by atoms with E-state index < -0.39 is 0 Å². The number of hydrogen-bond donors (Lipinski definition) is 2. The Morgan fingerprint density at radius 3 is 2.56 bits per heavy atom. The molecule has 0 unspecified atom stereocenters. The summed E-state index contributed by atoms with van der Waals surface area (Å²) in [6.45, 7) is 1.09. The van der Waals surface area contributed by atoms with E-state index in [1.54, 1.807) is 11.3 Å². The fourth-order valence-corrected chi connectivity index (χ4v) is 2.85. The quantitative estimate of drug-likeness (QED) is 0.887. The number of thiophene rings is 1. The van der Waals surface area contributed by atoms with Crippen LogP contribution in [-0.4, -0.2) is 6.03 Å². The van der Waals surface area contributed by atoms with E-state index in [0.29, 0.717) is 13.1 Å². The fraction of sp³-hybridized carbons (Fsp3) is 0.154. The molecule has 1 aromatic carbocycles. The van der Waals surface area contributed by atoms with E-state index in [4.69, 9.17) is 0 Å². The van der Waals surface area contributed by atoms with Crippen molar-refractivity contribution in [3.05, 3.63) is 56.7 Å². The third-order valence-corrected chi connectivity index (χ3v) is 4.04. The normalized spacial score (nSPS) is 10.1. The molecule has 0 fully saturated rings. The van der Waals surface area contributed by atoms with Crippen LogP contribution in [0.5, 0.6) is 0 Å². The van der Waals surface area contributed by atoms with E-state index in [1.807, 2.05) is 41.8 Å². The van der Waals surface area contributed by atoms with Crippen molar-refractivity contribution < 1.29 is 4.79 Å². The van der Waals surface area contributed by atoms with Gasteiger partial charge in [-0.3, -0.25) is 0 Å². The van der Waals surface area contributed by atoms with E-state index in [1.165, 1.54) is 0 Å². The van der Waals surface area contributed by atoms with Crippen LogP contribution in [-0.2, 0) is 13.1 Å². The Kier molecular flexibility index (Phi) is 4.78. The molecular weight excluding hydrogens is 312 g/mol. The smallest absolute Gasteiger partial charge is 0.315 e. The van der Waals surface area contributed by atoms with Gasteiger partial charge in [0.05, 0.1) is 6.54 Å². The second kappa shape index (κ2) is 6.56. The minimum Gasteiger partial charge on any atom is -0.334 e. The number of rotatable bonds is 4. The molecule has 0 aliphatic rings. The van der Waals surface area contributed by atoms with Gasteiger partial charge in [-0.1, -0.05) is 30.3 Å². The van der Waals surface area contributed by atoms with Crippen molar-refractivity contribution in [3.63, 3.8) is 0 Å². The number of benzene rings is 1. The maximum Gasteiger partial charge on any atom is 0.315 e. The van der Waals surface area contributed by atoms with Crippen molar-refractivity contribution in [1.82, 2.24) is 10.6 Å². The standard InChI is InChI=1S/C13H13BrN2OS/c14-11-6-12(18-9-11)8-16-13(17)15-7-10-4-2-1-3-5-10/h1-6,9H,7-8H2,(H2,15,16,17). The van der Waals surface area contributed by atoms with E-state index in [0.717, 1.165) is 14.9 Å². The average Bonchev–Trinajstić information content (AvgIpc) is 2.81. The molecule has 1 heterocycles. The van der Waals surface area contributed by atoms with Gasteiger partial charge in [0.25, 0.3) is 0 Å². The third-order valence-electron chi connectivity index (χ3n) is 2.34. The molecular formula is C13H13BrN2OS. The van der Waals surface area contributed by atoms with Crippen LogP contribution >= 0.6 is 27.3 Å². The van der Waals surface area contributed by atoms with Crippen LogP contribution in [0, 0.1) is 0 Å². The molecule has 18 heavy (non-hydrogen) atoms. The maximum atomic E-state index is 11.6. The van der Waals surface area contributed by atoms with Crippen LogP contribution in [0.1, 0.15) is 10.4 Å². The van der Waals surface area contributed by atoms with Crippen molar-refractivity contribution in [2.45, 2.75) is 13.1 Å². The largest absolute Gasteiger partial charge is 0.334 e. The predicted octanol–water partition coefficient (Wildman–Crippen LogP) is 3.51. The average molecular weight is 325 g/mol. The van der Waals surface area contributed by atoms with Gasteiger partial charge < -0.3 is 10.6 Å². The van der Waals surface area contributed by atoms with E-state index >= 15 is 0 Å². The first-order chi connectivity index (χ1) is 8.74. The molecule has 0 radical (unpaired) electrons. The number of hydrogen-bond acceptors (Lipinski definition) is 2. The van der Waals surface area contributed by atoms with E-state index in [-0.39, 0.29) is 6.03 Å². The molecule has 2 N–H and O–H groups in total. The minimum atomic E-state index is -0.150. The number of carbonyl (C=O) groups is 1. The molecule has 2 aromatic rings. The predicted molar refractivity (Wildman–Crippen MR) is 77.5 cm³/mol. The maximum absolute atomic E-state index is 11.6. The van der Waals surface area contributed by atoms with E-state index in [2.05, 4.69) is 26.6 Å². The van der Waals surface area contributed by atoms with Crippen molar-refractivity contribution >= 4 is 33.3 Å². The first kappa shape index (κ1) is 13.1. The van der Waals surface area contributed by atoms with Crippen molar-refractivity contribution in [1.29, 1.82) is 0 Å². The molecule has 0 spiro atoms. The molecule has 2 amide bonds. The summed E-state index contributed by atoms with van der Waals surface area (Å²) < 4.78 is 1.05. The highest BCUT2D eigenvalue weighted by atomic mass is 79.9. The van der Waals surface area contributed by atoms with E-state index in [9.17, 15) is 4.79 Å². The highest BCUT2D eigenvalue weighted by molar-refractivity contribution is 9.10. The van der Waals surface area contributed by atoms with Crippen LogP contribution in [0.2, 0.25) is 0 Å². The van der Waals surface area contributed by atoms with Gasteiger partial charge in [-0.15, -0.1) is 11.3 Å². The summed E-state index contributed by atoms with van der Waals surface area (Å²) in [6.07, 6.45) is 0. The minimum absolute atomic E-state index is 0.150. The lowest BCUT2D eigenvalue weighted by Gasteiger charge is -2.06. The number of amides is 2. The number of urea groups is 1. The Bertz CT molecular complexity index is 513. The van der Waals surface area contributed by atoms with Gasteiger partial charge in [0.1, 0.15) is 0 Å². The molecule has 0 aliphatic heterocycles. The van der Waals surface area contributed by atoms with Crippen LogP contribution in [0.15, 0.2) is 46.3 Å². The number of nitrogens with one attached hydrogen (secondary N) is 2. The molecule has 0 bridgehead atoms. The monoisotopic (exact) mass is 324 g/mol. The Morgan fingerprint density at radius 1 is 1.17 bits per heavy atom. The Morgan fingerprint density at radius 2 is 1.89 bits per heavy atom. The second-order valence-electron chi connectivity index (χ2n) is 3.75. The second-order valence-corrected chi connectivity index (χ2v) is 5.66. The lowest BCUT2D eigenvalue weighted by molar-refractivity contribution is 0.240. The van der Waals surface area contributed by atoms with Crippen molar-refractivity contribution in [2.24, 2.45) is 0 Å². The molecule has 94 valence electrons. The zero-order valence-electron chi connectivity index (χ0n) is 9.65. The van der Waals surface area contributed by atoms with Gasteiger partial charge in [0, 0.05) is 21.3 Å².